The van der Waals surface area contributed by atoms with Crippen molar-refractivity contribution in [3.8, 4) is 0 Å². The molecule has 0 heterocycles. The van der Waals surface area contributed by atoms with Gasteiger partial charge in [0.25, 0.3) is 0 Å². The fourth-order valence-corrected chi connectivity index (χ4v) is 3.36. The van der Waals surface area contributed by atoms with Crippen LogP contribution in [0.3, 0.4) is 0 Å². The van der Waals surface area contributed by atoms with Crippen LogP contribution in [0.5, 0.6) is 0 Å². The first-order valence-corrected chi connectivity index (χ1v) is 8.80. The topological polar surface area (TPSA) is 55.4 Å². The van der Waals surface area contributed by atoms with Crippen molar-refractivity contribution < 1.29 is 25.4 Å². The molecule has 0 aliphatic carbocycles. The van der Waals surface area contributed by atoms with E-state index in [4.69, 9.17) is 25.4 Å². The van der Waals surface area contributed by atoms with E-state index in [1.807, 2.05) is 0 Å². The predicted octanol–water partition coefficient (Wildman–Crippen LogP) is 1.13. The number of methoxy groups -OCH3 is 3. The van der Waals surface area contributed by atoms with Gasteiger partial charge in [-0.05, 0) is 0 Å². The molecular weight excluding hydrogens is 315 g/mol. The molecular formula is C12H27AsO6. The van der Waals surface area contributed by atoms with Crippen LogP contribution in [0.2, 0.25) is 0 Å². The number of hydrogen-bond acceptors (Lipinski definition) is 6. The third-order valence-electron chi connectivity index (χ3n) is 2.07. The van der Waals surface area contributed by atoms with Crippen molar-refractivity contribution in [3.05, 3.63) is 0 Å². The van der Waals surface area contributed by atoms with Crippen LogP contribution in [0, 0.1) is 0 Å². The predicted molar refractivity (Wildman–Crippen MR) is 73.1 cm³/mol. The van der Waals surface area contributed by atoms with Crippen molar-refractivity contribution in [2.24, 2.45) is 0 Å². The second-order valence-corrected chi connectivity index (χ2v) is 6.33. The van der Waals surface area contributed by atoms with Gasteiger partial charge in [-0.15, -0.1) is 0 Å². The number of hydrogen-bond donors (Lipinski definition) is 0. The van der Waals surface area contributed by atoms with E-state index in [0.29, 0.717) is 39.6 Å². The molecule has 0 spiro atoms. The third kappa shape index (κ3) is 14.5. The van der Waals surface area contributed by atoms with Crippen molar-refractivity contribution in [3.63, 3.8) is 0 Å². The second kappa shape index (κ2) is 16.4. The average molecular weight is 342 g/mol. The summed E-state index contributed by atoms with van der Waals surface area (Å²) >= 11 is -2.10. The normalized spacial score (nSPS) is 11.4. The Balaban J connectivity index is 3.66. The quantitative estimate of drug-likeness (QED) is 0.329. The van der Waals surface area contributed by atoms with Gasteiger partial charge in [0.15, 0.2) is 0 Å². The van der Waals surface area contributed by atoms with E-state index in [1.54, 1.807) is 21.3 Å². The molecule has 0 radical (unpaired) electrons. The summed E-state index contributed by atoms with van der Waals surface area (Å²) < 4.78 is 31.8. The van der Waals surface area contributed by atoms with Crippen LogP contribution in [0.4, 0.5) is 0 Å². The summed E-state index contributed by atoms with van der Waals surface area (Å²) in [6.07, 6.45) is 2.56. The third-order valence-corrected chi connectivity index (χ3v) is 4.54. The summed E-state index contributed by atoms with van der Waals surface area (Å²) in [4.78, 5) is 0. The SMILES string of the molecule is COCCCO[As](OCCCOC)OCCCOC. The van der Waals surface area contributed by atoms with Crippen LogP contribution in [0.1, 0.15) is 19.3 Å². The maximum absolute atomic E-state index is 5.64. The Kier molecular flexibility index (Phi) is 16.6. The molecule has 6 nitrogen and oxygen atoms in total. The molecule has 0 aromatic heterocycles. The van der Waals surface area contributed by atoms with Gasteiger partial charge in [0.05, 0.1) is 0 Å². The first-order chi connectivity index (χ1) is 9.35. The van der Waals surface area contributed by atoms with Gasteiger partial charge in [0.1, 0.15) is 0 Å². The van der Waals surface area contributed by atoms with Crippen LogP contribution in [-0.4, -0.2) is 76.6 Å². The molecule has 0 aromatic carbocycles. The van der Waals surface area contributed by atoms with E-state index < -0.39 is 15.7 Å². The van der Waals surface area contributed by atoms with Gasteiger partial charge < -0.3 is 0 Å². The van der Waals surface area contributed by atoms with Crippen molar-refractivity contribution in [1.82, 2.24) is 0 Å². The molecule has 0 rings (SSSR count). The van der Waals surface area contributed by atoms with Crippen molar-refractivity contribution in [2.75, 3.05) is 61.0 Å². The summed E-state index contributed by atoms with van der Waals surface area (Å²) in [7, 11) is 5.04. The van der Waals surface area contributed by atoms with Crippen LogP contribution in [-0.2, 0) is 25.4 Å². The Morgan fingerprint density at radius 3 is 1.11 bits per heavy atom. The zero-order valence-electron chi connectivity index (χ0n) is 12.3. The molecule has 0 aromatic rings. The average Bonchev–Trinajstić information content (AvgIpc) is 2.43. The molecule has 116 valence electrons. The second-order valence-electron chi connectivity index (χ2n) is 3.76. The molecule has 0 saturated heterocycles. The molecule has 0 aliphatic heterocycles. The molecule has 0 atom stereocenters. The van der Waals surface area contributed by atoms with E-state index in [9.17, 15) is 0 Å². The fraction of sp³-hybridized carbons (Fsp3) is 1.00. The molecule has 0 unspecified atom stereocenters. The molecule has 0 bridgehead atoms. The van der Waals surface area contributed by atoms with Gasteiger partial charge in [-0.25, -0.2) is 0 Å². The van der Waals surface area contributed by atoms with E-state index in [-0.39, 0.29) is 0 Å². The van der Waals surface area contributed by atoms with Crippen molar-refractivity contribution in [2.45, 2.75) is 19.3 Å². The van der Waals surface area contributed by atoms with E-state index in [1.165, 1.54) is 0 Å². The van der Waals surface area contributed by atoms with Crippen LogP contribution < -0.4 is 0 Å². The Hall–Kier alpha value is 0.318. The fourth-order valence-electron chi connectivity index (χ4n) is 1.14. The minimum absolute atomic E-state index is 0.613. The standard InChI is InChI=1S/C12H27AsO6/c1-14-7-4-10-17-13(18-11-5-8-15-2)19-12-6-9-16-3/h4-12H2,1-3H3. The minimum atomic E-state index is -2.10. The van der Waals surface area contributed by atoms with Crippen LogP contribution >= 0.6 is 0 Å². The Morgan fingerprint density at radius 2 is 0.842 bits per heavy atom. The van der Waals surface area contributed by atoms with E-state index in [2.05, 4.69) is 0 Å². The molecule has 0 saturated carbocycles. The summed E-state index contributed by atoms with van der Waals surface area (Å²) in [5.74, 6) is 0. The van der Waals surface area contributed by atoms with Crippen LogP contribution in [0.25, 0.3) is 0 Å². The summed E-state index contributed by atoms with van der Waals surface area (Å²) in [5.41, 5.74) is 0. The van der Waals surface area contributed by atoms with E-state index in [0.717, 1.165) is 19.3 Å². The number of rotatable bonds is 15. The van der Waals surface area contributed by atoms with E-state index >= 15 is 0 Å². The van der Waals surface area contributed by atoms with Crippen LogP contribution in [0.15, 0.2) is 0 Å². The monoisotopic (exact) mass is 342 g/mol. The summed E-state index contributed by atoms with van der Waals surface area (Å²) in [6, 6.07) is 0. The molecule has 0 fully saturated rings. The summed E-state index contributed by atoms with van der Waals surface area (Å²) in [5, 5.41) is 0. The number of ether oxygens (including phenoxy) is 3. The van der Waals surface area contributed by atoms with Gasteiger partial charge in [-0.3, -0.25) is 0 Å². The van der Waals surface area contributed by atoms with Gasteiger partial charge in [-0.2, -0.15) is 0 Å². The van der Waals surface area contributed by atoms with Gasteiger partial charge in [-0.1, -0.05) is 0 Å². The van der Waals surface area contributed by atoms with Gasteiger partial charge in [0, 0.05) is 0 Å². The summed E-state index contributed by atoms with van der Waals surface area (Å²) in [6.45, 7) is 3.91. The Morgan fingerprint density at radius 1 is 0.526 bits per heavy atom. The molecule has 0 amide bonds. The molecule has 19 heavy (non-hydrogen) atoms. The molecule has 7 heteroatoms. The maximum atomic E-state index is 5.64. The first-order valence-electron chi connectivity index (χ1n) is 6.50. The zero-order valence-corrected chi connectivity index (χ0v) is 14.1. The Bertz CT molecular complexity index is 144. The zero-order chi connectivity index (χ0) is 14.2. The molecule has 0 N–H and O–H groups in total. The Labute approximate surface area is 122 Å². The van der Waals surface area contributed by atoms with Crippen molar-refractivity contribution >= 4 is 15.7 Å². The van der Waals surface area contributed by atoms with Gasteiger partial charge in [0.2, 0.25) is 0 Å². The molecule has 0 aliphatic rings. The van der Waals surface area contributed by atoms with Gasteiger partial charge >= 0.3 is 121 Å². The van der Waals surface area contributed by atoms with Crippen molar-refractivity contribution in [1.29, 1.82) is 0 Å². The first kappa shape index (κ1) is 19.3.